The third kappa shape index (κ3) is 3.92. The molecule has 4 nitrogen and oxygen atoms in total. The van der Waals surface area contributed by atoms with E-state index in [1.807, 2.05) is 17.0 Å². The Morgan fingerprint density at radius 3 is 3.13 bits per heavy atom. The molecule has 2 aromatic rings. The summed E-state index contributed by atoms with van der Waals surface area (Å²) in [6.07, 6.45) is 3.33. The van der Waals surface area contributed by atoms with Crippen LogP contribution in [0.3, 0.4) is 0 Å². The SMILES string of the molecule is CC1CCN(C(=O)CCc2nc3cc(Br)ccc3s2)C(CN)C1. The Morgan fingerprint density at radius 1 is 1.52 bits per heavy atom. The Hall–Kier alpha value is -0.980. The van der Waals surface area contributed by atoms with Gasteiger partial charge in [-0.2, -0.15) is 0 Å². The molecular weight excluding hydrogens is 374 g/mol. The van der Waals surface area contributed by atoms with Gasteiger partial charge in [0.1, 0.15) is 0 Å². The average molecular weight is 396 g/mol. The van der Waals surface area contributed by atoms with E-state index in [-0.39, 0.29) is 11.9 Å². The van der Waals surface area contributed by atoms with Crippen LogP contribution in [0.2, 0.25) is 0 Å². The number of carbonyl (C=O) groups is 1. The first-order valence-corrected chi connectivity index (χ1v) is 9.72. The lowest BCUT2D eigenvalue weighted by Gasteiger charge is -2.38. The van der Waals surface area contributed by atoms with Gasteiger partial charge in [-0.05, 0) is 37.0 Å². The van der Waals surface area contributed by atoms with Crippen molar-refractivity contribution in [2.24, 2.45) is 11.7 Å². The van der Waals surface area contributed by atoms with Crippen LogP contribution in [-0.2, 0) is 11.2 Å². The van der Waals surface area contributed by atoms with Gasteiger partial charge in [0.15, 0.2) is 0 Å². The van der Waals surface area contributed by atoms with Gasteiger partial charge in [-0.15, -0.1) is 11.3 Å². The van der Waals surface area contributed by atoms with Crippen LogP contribution >= 0.6 is 27.3 Å². The minimum absolute atomic E-state index is 0.206. The Kier molecular flexibility index (Phi) is 5.34. The van der Waals surface area contributed by atoms with Gasteiger partial charge in [0.25, 0.3) is 0 Å². The van der Waals surface area contributed by atoms with E-state index < -0.39 is 0 Å². The summed E-state index contributed by atoms with van der Waals surface area (Å²) in [5, 5.41) is 1.03. The predicted molar refractivity (Wildman–Crippen MR) is 98.6 cm³/mol. The van der Waals surface area contributed by atoms with Crippen LogP contribution in [0.25, 0.3) is 10.2 Å². The topological polar surface area (TPSA) is 59.2 Å². The van der Waals surface area contributed by atoms with Crippen LogP contribution in [0, 0.1) is 5.92 Å². The number of nitrogens with zero attached hydrogens (tertiary/aromatic N) is 2. The van der Waals surface area contributed by atoms with Crippen molar-refractivity contribution >= 4 is 43.4 Å². The predicted octanol–water partition coefficient (Wildman–Crippen LogP) is 3.58. The van der Waals surface area contributed by atoms with Crippen LogP contribution in [0.5, 0.6) is 0 Å². The molecule has 0 aliphatic carbocycles. The monoisotopic (exact) mass is 395 g/mol. The number of likely N-dealkylation sites (tertiary alicyclic amines) is 1. The maximum absolute atomic E-state index is 12.6. The van der Waals surface area contributed by atoms with E-state index in [1.165, 1.54) is 4.70 Å². The number of halogens is 1. The summed E-state index contributed by atoms with van der Waals surface area (Å²) < 4.78 is 2.20. The quantitative estimate of drug-likeness (QED) is 0.860. The molecule has 1 aromatic heterocycles. The van der Waals surface area contributed by atoms with Crippen molar-refractivity contribution < 1.29 is 4.79 Å². The fourth-order valence-corrected chi connectivity index (χ4v) is 4.51. The second-order valence-electron chi connectivity index (χ2n) is 6.33. The molecule has 1 aromatic carbocycles. The van der Waals surface area contributed by atoms with Gasteiger partial charge in [-0.1, -0.05) is 22.9 Å². The van der Waals surface area contributed by atoms with Gasteiger partial charge in [-0.3, -0.25) is 4.79 Å². The smallest absolute Gasteiger partial charge is 0.223 e. The Labute approximate surface area is 149 Å². The third-order valence-corrected chi connectivity index (χ3v) is 6.11. The number of aromatic nitrogens is 1. The molecule has 2 heterocycles. The second-order valence-corrected chi connectivity index (χ2v) is 8.36. The molecule has 0 saturated carbocycles. The van der Waals surface area contributed by atoms with E-state index in [4.69, 9.17) is 5.73 Å². The lowest BCUT2D eigenvalue weighted by Crippen LogP contribution is -2.49. The summed E-state index contributed by atoms with van der Waals surface area (Å²) in [7, 11) is 0. The van der Waals surface area contributed by atoms with Crippen molar-refractivity contribution in [3.05, 3.63) is 27.7 Å². The number of rotatable bonds is 4. The largest absolute Gasteiger partial charge is 0.338 e. The molecule has 3 rings (SSSR count). The minimum Gasteiger partial charge on any atom is -0.338 e. The van der Waals surface area contributed by atoms with Crippen LogP contribution in [0.1, 0.15) is 31.2 Å². The van der Waals surface area contributed by atoms with E-state index in [0.717, 1.165) is 34.4 Å². The number of hydrogen-bond donors (Lipinski definition) is 1. The highest BCUT2D eigenvalue weighted by atomic mass is 79.9. The summed E-state index contributed by atoms with van der Waals surface area (Å²) in [4.78, 5) is 19.2. The molecular formula is C17H22BrN3OS. The van der Waals surface area contributed by atoms with Crippen LogP contribution in [0.4, 0.5) is 0 Å². The fourth-order valence-electron chi connectivity index (χ4n) is 3.22. The number of aryl methyl sites for hydroxylation is 1. The standard InChI is InChI=1S/C17H22BrN3OS/c1-11-6-7-21(13(8-11)10-19)17(22)5-4-16-20-14-9-12(18)2-3-15(14)23-16/h2-3,9,11,13H,4-8,10,19H2,1H3. The number of piperidine rings is 1. The minimum atomic E-state index is 0.206. The van der Waals surface area contributed by atoms with E-state index in [2.05, 4.69) is 33.9 Å². The van der Waals surface area contributed by atoms with E-state index in [0.29, 0.717) is 25.3 Å². The summed E-state index contributed by atoms with van der Waals surface area (Å²) in [6.45, 7) is 3.64. The van der Waals surface area contributed by atoms with Gasteiger partial charge < -0.3 is 10.6 Å². The maximum Gasteiger partial charge on any atom is 0.223 e. The molecule has 0 spiro atoms. The number of carbonyl (C=O) groups excluding carboxylic acids is 1. The van der Waals surface area contributed by atoms with Crippen LogP contribution in [-0.4, -0.2) is 34.9 Å². The van der Waals surface area contributed by atoms with Crippen molar-refractivity contribution in [3.63, 3.8) is 0 Å². The van der Waals surface area contributed by atoms with Gasteiger partial charge in [0.2, 0.25) is 5.91 Å². The molecule has 2 N–H and O–H groups in total. The molecule has 1 amide bonds. The Bertz CT molecular complexity index is 702. The van der Waals surface area contributed by atoms with Gasteiger partial charge in [-0.25, -0.2) is 4.98 Å². The molecule has 2 unspecified atom stereocenters. The van der Waals surface area contributed by atoms with Gasteiger partial charge in [0, 0.05) is 36.4 Å². The van der Waals surface area contributed by atoms with E-state index in [9.17, 15) is 4.79 Å². The molecule has 1 saturated heterocycles. The van der Waals surface area contributed by atoms with E-state index in [1.54, 1.807) is 11.3 Å². The number of nitrogens with two attached hydrogens (primary N) is 1. The summed E-state index contributed by atoms with van der Waals surface area (Å²) in [5.74, 6) is 0.878. The number of fused-ring (bicyclic) bond motifs is 1. The highest BCUT2D eigenvalue weighted by Gasteiger charge is 2.28. The third-order valence-electron chi connectivity index (χ3n) is 4.52. The highest BCUT2D eigenvalue weighted by molar-refractivity contribution is 9.10. The zero-order valence-electron chi connectivity index (χ0n) is 13.3. The normalized spacial score (nSPS) is 21.8. The molecule has 1 fully saturated rings. The Balaban J connectivity index is 1.63. The van der Waals surface area contributed by atoms with Crippen molar-refractivity contribution in [3.8, 4) is 0 Å². The molecule has 1 aliphatic heterocycles. The molecule has 23 heavy (non-hydrogen) atoms. The fraction of sp³-hybridized carbons (Fsp3) is 0.529. The second kappa shape index (κ2) is 7.28. The van der Waals surface area contributed by atoms with Crippen LogP contribution in [0.15, 0.2) is 22.7 Å². The van der Waals surface area contributed by atoms with Crippen molar-refractivity contribution in [1.29, 1.82) is 0 Å². The lowest BCUT2D eigenvalue weighted by molar-refractivity contribution is -0.135. The molecule has 1 aliphatic rings. The number of thiazole rings is 1. The molecule has 6 heteroatoms. The van der Waals surface area contributed by atoms with Crippen LogP contribution < -0.4 is 5.73 Å². The number of benzene rings is 1. The average Bonchev–Trinajstić information content (AvgIpc) is 2.94. The maximum atomic E-state index is 12.6. The summed E-state index contributed by atoms with van der Waals surface area (Å²) >= 11 is 5.14. The number of amides is 1. The zero-order valence-corrected chi connectivity index (χ0v) is 15.7. The van der Waals surface area contributed by atoms with Gasteiger partial charge in [0.05, 0.1) is 15.2 Å². The highest BCUT2D eigenvalue weighted by Crippen LogP contribution is 2.27. The van der Waals surface area contributed by atoms with Crippen molar-refractivity contribution in [2.45, 2.75) is 38.6 Å². The van der Waals surface area contributed by atoms with Gasteiger partial charge >= 0.3 is 0 Å². The summed E-state index contributed by atoms with van der Waals surface area (Å²) in [5.41, 5.74) is 6.86. The van der Waals surface area contributed by atoms with Crippen molar-refractivity contribution in [1.82, 2.24) is 9.88 Å². The Morgan fingerprint density at radius 2 is 2.35 bits per heavy atom. The molecule has 2 atom stereocenters. The number of hydrogen-bond acceptors (Lipinski definition) is 4. The summed E-state index contributed by atoms with van der Waals surface area (Å²) in [6, 6.07) is 6.32. The lowest BCUT2D eigenvalue weighted by atomic mass is 9.92. The zero-order chi connectivity index (χ0) is 16.4. The van der Waals surface area contributed by atoms with E-state index >= 15 is 0 Å². The first-order valence-electron chi connectivity index (χ1n) is 8.11. The molecule has 0 bridgehead atoms. The first kappa shape index (κ1) is 16.9. The van der Waals surface area contributed by atoms with Crippen molar-refractivity contribution in [2.75, 3.05) is 13.1 Å². The molecule has 124 valence electrons. The first-order chi connectivity index (χ1) is 11.1. The molecule has 0 radical (unpaired) electrons.